The lowest BCUT2D eigenvalue weighted by atomic mass is 9.96. The van der Waals surface area contributed by atoms with Crippen molar-refractivity contribution in [3.8, 4) is 0 Å². The van der Waals surface area contributed by atoms with Crippen LogP contribution in [0.25, 0.3) is 0 Å². The molecule has 140 valence electrons. The Morgan fingerprint density at radius 1 is 1.35 bits per heavy atom. The molecule has 2 N–H and O–H groups in total. The average Bonchev–Trinajstić information content (AvgIpc) is 3.32. The Morgan fingerprint density at radius 2 is 2.00 bits per heavy atom. The van der Waals surface area contributed by atoms with Crippen LogP contribution >= 0.6 is 0 Å². The van der Waals surface area contributed by atoms with E-state index in [1.54, 1.807) is 0 Å². The molecule has 0 aliphatic heterocycles. The number of hydrogen-bond acceptors (Lipinski definition) is 3. The molecule has 0 radical (unpaired) electrons. The molecular weight excluding hydrogens is 347 g/mol. The number of carbonyl (C=O) groups is 1. The summed E-state index contributed by atoms with van der Waals surface area (Å²) in [5, 5.41) is 13.0. The second-order valence-corrected chi connectivity index (χ2v) is 6.69. The summed E-state index contributed by atoms with van der Waals surface area (Å²) in [6.45, 7) is 0. The van der Waals surface area contributed by atoms with Crippen LogP contribution in [0.2, 0.25) is 0 Å². The number of amides is 1. The van der Waals surface area contributed by atoms with Gasteiger partial charge < -0.3 is 15.0 Å². The van der Waals surface area contributed by atoms with Gasteiger partial charge in [-0.05, 0) is 24.3 Å². The summed E-state index contributed by atoms with van der Waals surface area (Å²) in [6.07, 6.45) is -1.92. The van der Waals surface area contributed by atoms with Gasteiger partial charge in [-0.15, -0.1) is 0 Å². The molecule has 1 heterocycles. The molecule has 1 saturated carbocycles. The summed E-state index contributed by atoms with van der Waals surface area (Å²) in [7, 11) is 1.34. The van der Waals surface area contributed by atoms with E-state index in [0.717, 1.165) is 29.2 Å². The van der Waals surface area contributed by atoms with Gasteiger partial charge in [-0.25, -0.2) is 4.98 Å². The van der Waals surface area contributed by atoms with Gasteiger partial charge in [-0.1, -0.05) is 30.3 Å². The number of nitrogens with one attached hydrogen (secondary N) is 1. The molecule has 26 heavy (non-hydrogen) atoms. The van der Waals surface area contributed by atoms with E-state index in [4.69, 9.17) is 0 Å². The maximum atomic E-state index is 13.6. The number of benzene rings is 1. The van der Waals surface area contributed by atoms with E-state index in [1.165, 1.54) is 13.2 Å². The van der Waals surface area contributed by atoms with E-state index >= 15 is 0 Å². The first kappa shape index (κ1) is 18.4. The highest BCUT2D eigenvalue weighted by Gasteiger charge is 2.58. The number of aromatic nitrogens is 2. The molecule has 1 aromatic heterocycles. The molecule has 2 unspecified atom stereocenters. The summed E-state index contributed by atoms with van der Waals surface area (Å²) >= 11 is 0. The Bertz CT molecular complexity index is 771. The second kappa shape index (κ2) is 6.75. The first-order valence-corrected chi connectivity index (χ1v) is 8.33. The predicted molar refractivity (Wildman–Crippen MR) is 87.8 cm³/mol. The molecule has 8 heteroatoms. The van der Waals surface area contributed by atoms with Gasteiger partial charge in [0.25, 0.3) is 0 Å². The predicted octanol–water partition coefficient (Wildman–Crippen LogP) is 2.83. The van der Waals surface area contributed by atoms with Crippen molar-refractivity contribution in [2.45, 2.75) is 37.1 Å². The number of aryl methyl sites for hydroxylation is 1. The lowest BCUT2D eigenvalue weighted by Gasteiger charge is -2.30. The van der Waals surface area contributed by atoms with Gasteiger partial charge in [0.15, 0.2) is 5.82 Å². The Hall–Kier alpha value is -2.35. The minimum atomic E-state index is -5.04. The normalized spacial score (nSPS) is 18.2. The SMILES string of the molecule is Cn1ccnc1C(O)(CC(=O)NC(c1ccccc1)C1CC1)C(F)(F)F. The number of nitrogens with zero attached hydrogens (tertiary/aromatic N) is 2. The van der Waals surface area contributed by atoms with Crippen LogP contribution in [0.4, 0.5) is 13.2 Å². The third-order valence-electron chi connectivity index (χ3n) is 4.65. The molecule has 0 spiro atoms. The zero-order valence-electron chi connectivity index (χ0n) is 14.2. The van der Waals surface area contributed by atoms with Crippen LogP contribution in [0.5, 0.6) is 0 Å². The maximum absolute atomic E-state index is 13.6. The topological polar surface area (TPSA) is 67.1 Å². The summed E-state index contributed by atoms with van der Waals surface area (Å²) in [4.78, 5) is 16.0. The second-order valence-electron chi connectivity index (χ2n) is 6.69. The van der Waals surface area contributed by atoms with E-state index < -0.39 is 29.9 Å². The molecule has 1 fully saturated rings. The van der Waals surface area contributed by atoms with Gasteiger partial charge in [0.05, 0.1) is 12.5 Å². The van der Waals surface area contributed by atoms with E-state index in [9.17, 15) is 23.1 Å². The van der Waals surface area contributed by atoms with Crippen molar-refractivity contribution in [1.82, 2.24) is 14.9 Å². The fraction of sp³-hybridized carbons (Fsp3) is 0.444. The Balaban J connectivity index is 1.81. The fourth-order valence-electron chi connectivity index (χ4n) is 3.09. The first-order valence-electron chi connectivity index (χ1n) is 8.33. The number of hydrogen-bond donors (Lipinski definition) is 2. The summed E-state index contributed by atoms with van der Waals surface area (Å²) in [5.74, 6) is -1.27. The Kier molecular flexibility index (Phi) is 4.79. The molecular formula is C18H20F3N3O2. The van der Waals surface area contributed by atoms with Crippen molar-refractivity contribution in [2.24, 2.45) is 13.0 Å². The number of halogens is 3. The minimum Gasteiger partial charge on any atom is -0.374 e. The van der Waals surface area contributed by atoms with Crippen molar-refractivity contribution in [3.05, 3.63) is 54.1 Å². The van der Waals surface area contributed by atoms with Gasteiger partial charge in [0.1, 0.15) is 0 Å². The van der Waals surface area contributed by atoms with E-state index in [1.807, 2.05) is 30.3 Å². The van der Waals surface area contributed by atoms with Crippen LogP contribution < -0.4 is 5.32 Å². The number of alkyl halides is 3. The first-order chi connectivity index (χ1) is 12.2. The van der Waals surface area contributed by atoms with Crippen LogP contribution in [0, 0.1) is 5.92 Å². The Labute approximate surface area is 148 Å². The summed E-state index contributed by atoms with van der Waals surface area (Å²) < 4.78 is 41.7. The largest absolute Gasteiger partial charge is 0.425 e. The Morgan fingerprint density at radius 3 is 2.50 bits per heavy atom. The number of aliphatic hydroxyl groups is 1. The molecule has 0 saturated heterocycles. The van der Waals surface area contributed by atoms with Crippen LogP contribution in [-0.2, 0) is 17.4 Å². The summed E-state index contributed by atoms with van der Waals surface area (Å²) in [5.41, 5.74) is -2.50. The van der Waals surface area contributed by atoms with Gasteiger partial charge in [-0.3, -0.25) is 4.79 Å². The van der Waals surface area contributed by atoms with Crippen molar-refractivity contribution in [3.63, 3.8) is 0 Å². The van der Waals surface area contributed by atoms with Gasteiger partial charge >= 0.3 is 6.18 Å². The molecule has 3 rings (SSSR count). The zero-order chi connectivity index (χ0) is 18.9. The number of carbonyl (C=O) groups excluding carboxylic acids is 1. The lowest BCUT2D eigenvalue weighted by Crippen LogP contribution is -2.48. The molecule has 0 bridgehead atoms. The van der Waals surface area contributed by atoms with Crippen LogP contribution in [0.1, 0.15) is 36.7 Å². The van der Waals surface area contributed by atoms with Crippen LogP contribution in [0.15, 0.2) is 42.7 Å². The highest BCUT2D eigenvalue weighted by Crippen LogP contribution is 2.43. The highest BCUT2D eigenvalue weighted by molar-refractivity contribution is 5.78. The van der Waals surface area contributed by atoms with E-state index in [2.05, 4.69) is 10.3 Å². The lowest BCUT2D eigenvalue weighted by molar-refractivity contribution is -0.271. The van der Waals surface area contributed by atoms with E-state index in [0.29, 0.717) is 0 Å². The molecule has 1 aromatic carbocycles. The fourth-order valence-corrected chi connectivity index (χ4v) is 3.09. The quantitative estimate of drug-likeness (QED) is 0.825. The molecule has 2 aromatic rings. The van der Waals surface area contributed by atoms with Gasteiger partial charge in [0, 0.05) is 19.4 Å². The molecule has 1 aliphatic carbocycles. The third kappa shape index (κ3) is 3.60. The van der Waals surface area contributed by atoms with Gasteiger partial charge in [-0.2, -0.15) is 13.2 Å². The smallest absolute Gasteiger partial charge is 0.374 e. The van der Waals surface area contributed by atoms with Crippen molar-refractivity contribution in [2.75, 3.05) is 0 Å². The average molecular weight is 367 g/mol. The highest BCUT2D eigenvalue weighted by atomic mass is 19.4. The van der Waals surface area contributed by atoms with Crippen molar-refractivity contribution in [1.29, 1.82) is 0 Å². The number of rotatable bonds is 6. The maximum Gasteiger partial charge on any atom is 0.425 e. The van der Waals surface area contributed by atoms with Crippen molar-refractivity contribution < 1.29 is 23.1 Å². The molecule has 2 atom stereocenters. The van der Waals surface area contributed by atoms with E-state index in [-0.39, 0.29) is 12.0 Å². The summed E-state index contributed by atoms with van der Waals surface area (Å²) in [6, 6.07) is 8.77. The molecule has 1 amide bonds. The molecule has 1 aliphatic rings. The number of imidazole rings is 1. The minimum absolute atomic E-state index is 0.202. The molecule has 5 nitrogen and oxygen atoms in total. The van der Waals surface area contributed by atoms with Crippen molar-refractivity contribution >= 4 is 5.91 Å². The zero-order valence-corrected chi connectivity index (χ0v) is 14.2. The standard InChI is InChI=1S/C18H20F3N3O2/c1-24-10-9-22-16(24)17(26,18(19,20)21)11-14(25)23-15(13-7-8-13)12-5-3-2-4-6-12/h2-6,9-10,13,15,26H,7-8,11H2,1H3,(H,23,25). The third-order valence-corrected chi connectivity index (χ3v) is 4.65. The monoisotopic (exact) mass is 367 g/mol. The van der Waals surface area contributed by atoms with Gasteiger partial charge in [0.2, 0.25) is 11.5 Å². The van der Waals surface area contributed by atoms with Crippen LogP contribution in [-0.4, -0.2) is 26.7 Å². The van der Waals surface area contributed by atoms with Crippen LogP contribution in [0.3, 0.4) is 0 Å².